The van der Waals surface area contributed by atoms with E-state index in [1.54, 1.807) is 0 Å². The molecule has 0 bridgehead atoms. The third-order valence-electron chi connectivity index (χ3n) is 2.72. The van der Waals surface area contributed by atoms with E-state index in [1.165, 1.54) is 25.3 Å². The average molecular weight is 276 g/mol. The molecule has 0 radical (unpaired) electrons. The van der Waals surface area contributed by atoms with Gasteiger partial charge in [0.1, 0.15) is 5.75 Å². The Morgan fingerprint density at radius 2 is 2.30 bits per heavy atom. The summed E-state index contributed by atoms with van der Waals surface area (Å²) in [5, 5.41) is 13.4. The second kappa shape index (κ2) is 7.14. The second-order valence-electron chi connectivity index (χ2n) is 4.12. The molecule has 0 heterocycles. The number of terminal acetylenes is 1. The lowest BCUT2D eigenvalue weighted by atomic mass is 10.1. The minimum atomic E-state index is -0.550. The number of hydrogen-bond donors (Lipinski definition) is 1. The van der Waals surface area contributed by atoms with E-state index >= 15 is 0 Å². The molecule has 1 amide bonds. The Morgan fingerprint density at radius 3 is 2.80 bits per heavy atom. The highest BCUT2D eigenvalue weighted by atomic mass is 16.6. The Balaban J connectivity index is 2.98. The van der Waals surface area contributed by atoms with Crippen LogP contribution in [0.15, 0.2) is 18.2 Å². The quantitative estimate of drug-likeness (QED) is 0.490. The summed E-state index contributed by atoms with van der Waals surface area (Å²) in [5.74, 6) is 2.22. The lowest BCUT2D eigenvalue weighted by Crippen LogP contribution is -2.33. The summed E-state index contributed by atoms with van der Waals surface area (Å²) in [5.41, 5.74) is 0.0786. The van der Waals surface area contributed by atoms with Crippen LogP contribution >= 0.6 is 0 Å². The summed E-state index contributed by atoms with van der Waals surface area (Å²) in [6, 6.07) is 3.44. The van der Waals surface area contributed by atoms with Crippen LogP contribution in [0.2, 0.25) is 0 Å². The predicted octanol–water partition coefficient (Wildman–Crippen LogP) is 2.14. The number of amides is 1. The van der Waals surface area contributed by atoms with Gasteiger partial charge in [0.25, 0.3) is 11.6 Å². The SMILES string of the molecule is C#CC(CCC)NC(=O)c1ccc([N+](=O)[O-])cc1OC. The van der Waals surface area contributed by atoms with Crippen LogP contribution in [0.1, 0.15) is 30.1 Å². The second-order valence-corrected chi connectivity index (χ2v) is 4.12. The number of methoxy groups -OCH3 is 1. The highest BCUT2D eigenvalue weighted by Crippen LogP contribution is 2.24. The van der Waals surface area contributed by atoms with Gasteiger partial charge in [0.15, 0.2) is 0 Å². The van der Waals surface area contributed by atoms with Crippen LogP contribution in [0, 0.1) is 22.5 Å². The lowest BCUT2D eigenvalue weighted by Gasteiger charge is -2.13. The van der Waals surface area contributed by atoms with Crippen LogP contribution < -0.4 is 10.1 Å². The summed E-state index contributed by atoms with van der Waals surface area (Å²) >= 11 is 0. The molecule has 20 heavy (non-hydrogen) atoms. The van der Waals surface area contributed by atoms with Gasteiger partial charge in [-0.3, -0.25) is 14.9 Å². The van der Waals surface area contributed by atoms with Gasteiger partial charge in [-0.2, -0.15) is 0 Å². The molecule has 0 aromatic heterocycles. The molecule has 0 spiro atoms. The van der Waals surface area contributed by atoms with Crippen molar-refractivity contribution in [2.24, 2.45) is 0 Å². The van der Waals surface area contributed by atoms with Gasteiger partial charge in [-0.15, -0.1) is 6.42 Å². The first-order valence-corrected chi connectivity index (χ1v) is 6.12. The molecule has 106 valence electrons. The van der Waals surface area contributed by atoms with Crippen molar-refractivity contribution in [1.82, 2.24) is 5.32 Å². The molecule has 0 aliphatic heterocycles. The molecular formula is C14H16N2O4. The summed E-state index contributed by atoms with van der Waals surface area (Å²) in [6.07, 6.45) is 6.84. The summed E-state index contributed by atoms with van der Waals surface area (Å²) in [7, 11) is 1.35. The van der Waals surface area contributed by atoms with E-state index < -0.39 is 10.8 Å². The molecule has 1 N–H and O–H groups in total. The molecule has 1 rings (SSSR count). The molecular weight excluding hydrogens is 260 g/mol. The molecule has 6 heteroatoms. The number of nitrogens with zero attached hydrogens (tertiary/aromatic N) is 1. The lowest BCUT2D eigenvalue weighted by molar-refractivity contribution is -0.384. The van der Waals surface area contributed by atoms with E-state index in [-0.39, 0.29) is 23.0 Å². The zero-order chi connectivity index (χ0) is 15.1. The maximum absolute atomic E-state index is 12.1. The average Bonchev–Trinajstić information content (AvgIpc) is 2.45. The van der Waals surface area contributed by atoms with Crippen LogP contribution in [0.25, 0.3) is 0 Å². The van der Waals surface area contributed by atoms with Crippen LogP contribution in [-0.2, 0) is 0 Å². The maximum atomic E-state index is 12.1. The highest BCUT2D eigenvalue weighted by Gasteiger charge is 2.18. The van der Waals surface area contributed by atoms with Crippen molar-refractivity contribution in [3.05, 3.63) is 33.9 Å². The highest BCUT2D eigenvalue weighted by molar-refractivity contribution is 5.97. The zero-order valence-corrected chi connectivity index (χ0v) is 11.4. The van der Waals surface area contributed by atoms with Gasteiger partial charge in [0.2, 0.25) is 0 Å². The largest absolute Gasteiger partial charge is 0.496 e. The van der Waals surface area contributed by atoms with Crippen molar-refractivity contribution >= 4 is 11.6 Å². The molecule has 0 saturated heterocycles. The van der Waals surface area contributed by atoms with Gasteiger partial charge in [0.05, 0.1) is 29.7 Å². The monoisotopic (exact) mass is 276 g/mol. The van der Waals surface area contributed by atoms with E-state index in [9.17, 15) is 14.9 Å². The summed E-state index contributed by atoms with van der Waals surface area (Å²) < 4.78 is 5.02. The van der Waals surface area contributed by atoms with Crippen LogP contribution in [0.3, 0.4) is 0 Å². The third kappa shape index (κ3) is 3.72. The molecule has 0 aliphatic rings. The van der Waals surface area contributed by atoms with Crippen molar-refractivity contribution in [3.8, 4) is 18.1 Å². The Morgan fingerprint density at radius 1 is 1.60 bits per heavy atom. The first kappa shape index (κ1) is 15.5. The molecule has 1 unspecified atom stereocenters. The molecule has 0 saturated carbocycles. The minimum absolute atomic E-state index is 0.138. The van der Waals surface area contributed by atoms with E-state index in [1.807, 2.05) is 6.92 Å². The van der Waals surface area contributed by atoms with E-state index in [0.29, 0.717) is 6.42 Å². The molecule has 0 aliphatic carbocycles. The molecule has 1 atom stereocenters. The Labute approximate surface area is 117 Å². The topological polar surface area (TPSA) is 81.5 Å². The van der Waals surface area contributed by atoms with Gasteiger partial charge < -0.3 is 10.1 Å². The predicted molar refractivity (Wildman–Crippen MR) is 74.6 cm³/mol. The van der Waals surface area contributed by atoms with Crippen molar-refractivity contribution in [2.45, 2.75) is 25.8 Å². The first-order chi connectivity index (χ1) is 9.53. The molecule has 1 aromatic rings. The first-order valence-electron chi connectivity index (χ1n) is 6.12. The van der Waals surface area contributed by atoms with Crippen molar-refractivity contribution in [1.29, 1.82) is 0 Å². The van der Waals surface area contributed by atoms with Crippen molar-refractivity contribution in [3.63, 3.8) is 0 Å². The number of carbonyl (C=O) groups excluding carboxylic acids is 1. The summed E-state index contributed by atoms with van der Waals surface area (Å²) in [6.45, 7) is 1.96. The summed E-state index contributed by atoms with van der Waals surface area (Å²) in [4.78, 5) is 22.2. The number of carbonyl (C=O) groups is 1. The van der Waals surface area contributed by atoms with Crippen molar-refractivity contribution < 1.29 is 14.5 Å². The van der Waals surface area contributed by atoms with Crippen molar-refractivity contribution in [2.75, 3.05) is 7.11 Å². The normalized spacial score (nSPS) is 11.2. The Bertz CT molecular complexity index is 549. The number of hydrogen-bond acceptors (Lipinski definition) is 4. The van der Waals surface area contributed by atoms with Gasteiger partial charge in [-0.05, 0) is 12.5 Å². The number of rotatable bonds is 6. The number of non-ortho nitro benzene ring substituents is 1. The van der Waals surface area contributed by atoms with Crippen LogP contribution in [-0.4, -0.2) is 24.0 Å². The fourth-order valence-corrected chi connectivity index (χ4v) is 1.70. The van der Waals surface area contributed by atoms with Gasteiger partial charge in [0, 0.05) is 6.07 Å². The molecule has 0 fully saturated rings. The number of nitrogens with one attached hydrogen (secondary N) is 1. The number of ether oxygens (including phenoxy) is 1. The van der Waals surface area contributed by atoms with Gasteiger partial charge >= 0.3 is 0 Å². The molecule has 1 aromatic carbocycles. The van der Waals surface area contributed by atoms with E-state index in [0.717, 1.165) is 6.42 Å². The fourth-order valence-electron chi connectivity index (χ4n) is 1.70. The van der Waals surface area contributed by atoms with Crippen LogP contribution in [0.5, 0.6) is 5.75 Å². The standard InChI is InChI=1S/C14H16N2O4/c1-4-6-10(5-2)15-14(17)12-8-7-11(16(18)19)9-13(12)20-3/h2,7-10H,4,6H2,1,3H3,(H,15,17). The fraction of sp³-hybridized carbons (Fsp3) is 0.357. The smallest absolute Gasteiger partial charge is 0.273 e. The third-order valence-corrected chi connectivity index (χ3v) is 2.72. The van der Waals surface area contributed by atoms with E-state index in [2.05, 4.69) is 11.2 Å². The van der Waals surface area contributed by atoms with E-state index in [4.69, 9.17) is 11.2 Å². The Kier molecular flexibility index (Phi) is 5.54. The number of benzene rings is 1. The maximum Gasteiger partial charge on any atom is 0.273 e. The Hall–Kier alpha value is -2.55. The van der Waals surface area contributed by atoms with Gasteiger partial charge in [-0.25, -0.2) is 0 Å². The minimum Gasteiger partial charge on any atom is -0.496 e. The van der Waals surface area contributed by atoms with Gasteiger partial charge in [-0.1, -0.05) is 19.3 Å². The zero-order valence-electron chi connectivity index (χ0n) is 11.4. The number of nitro groups is 1. The van der Waals surface area contributed by atoms with Crippen LogP contribution in [0.4, 0.5) is 5.69 Å². The number of nitro benzene ring substituents is 1. The molecule has 6 nitrogen and oxygen atoms in total.